The fraction of sp³-hybridized carbons (Fsp3) is 0.240. The number of aryl methyl sites for hydroxylation is 1. The maximum atomic E-state index is 14.3. The van der Waals surface area contributed by atoms with Gasteiger partial charge in [0.25, 0.3) is 0 Å². The van der Waals surface area contributed by atoms with E-state index in [0.29, 0.717) is 58.2 Å². The van der Waals surface area contributed by atoms with Gasteiger partial charge in [0, 0.05) is 56.1 Å². The minimum absolute atomic E-state index is 0.103. The second kappa shape index (κ2) is 8.61. The third-order valence-electron chi connectivity index (χ3n) is 6.98. The first-order valence-electron chi connectivity index (χ1n) is 12.1. The Kier molecular flexibility index (Phi) is 5.25. The molecule has 0 bridgehead atoms. The number of benzene rings is 1. The lowest BCUT2D eigenvalue weighted by Gasteiger charge is -2.31. The molecular formula is C25H20F3N9OS. The molecular weight excluding hydrogens is 531 g/mol. The van der Waals surface area contributed by atoms with Gasteiger partial charge in [-0.3, -0.25) is 14.2 Å². The molecule has 0 atom stereocenters. The average molecular weight is 552 g/mol. The van der Waals surface area contributed by atoms with Crippen molar-refractivity contribution in [2.45, 2.75) is 6.18 Å². The lowest BCUT2D eigenvalue weighted by Crippen LogP contribution is -2.44. The molecule has 0 radical (unpaired) electrons. The minimum atomic E-state index is -4.60. The molecule has 10 nitrogen and oxygen atoms in total. The number of halogens is 3. The number of fused-ring (bicyclic) bond motifs is 4. The molecule has 6 heterocycles. The molecule has 1 aliphatic rings. The number of piperazine rings is 1. The number of aromatic nitrogens is 7. The Balaban J connectivity index is 1.44. The van der Waals surface area contributed by atoms with E-state index in [1.807, 2.05) is 6.07 Å². The molecule has 1 saturated heterocycles. The zero-order chi connectivity index (χ0) is 26.9. The summed E-state index contributed by atoms with van der Waals surface area (Å²) >= 11 is 1.31. The van der Waals surface area contributed by atoms with Gasteiger partial charge in [-0.1, -0.05) is 11.3 Å². The molecule has 1 aromatic carbocycles. The number of aromatic amines is 1. The summed E-state index contributed by atoms with van der Waals surface area (Å²) in [5.41, 5.74) is 1.62. The van der Waals surface area contributed by atoms with E-state index in [1.165, 1.54) is 26.5 Å². The van der Waals surface area contributed by atoms with Crippen molar-refractivity contribution in [1.29, 1.82) is 0 Å². The van der Waals surface area contributed by atoms with Gasteiger partial charge in [-0.2, -0.15) is 18.3 Å². The van der Waals surface area contributed by atoms with Crippen molar-refractivity contribution in [1.82, 2.24) is 39.6 Å². The lowest BCUT2D eigenvalue weighted by molar-refractivity contribution is -0.137. The summed E-state index contributed by atoms with van der Waals surface area (Å²) in [7, 11) is 1.57. The van der Waals surface area contributed by atoms with Crippen LogP contribution in [0.3, 0.4) is 0 Å². The van der Waals surface area contributed by atoms with Gasteiger partial charge in [0.1, 0.15) is 20.9 Å². The molecule has 0 amide bonds. The standard InChI is InChI=1S/C25H20F3N9OS/c1-35-18-12-31-23-19(33-22(39-23)14-8-13-11-32-34-21(13)30-10-14)20(18)37(24(35)38)15-2-3-17(16(9-15)25(26,27)28)36-6-4-29-5-7-36/h2-3,8-12,29H,4-7H2,1H3,(H,30,32,34). The smallest absolute Gasteiger partial charge is 0.368 e. The molecule has 39 heavy (non-hydrogen) atoms. The minimum Gasteiger partial charge on any atom is -0.368 e. The van der Waals surface area contributed by atoms with Crippen LogP contribution in [0.25, 0.3) is 48.7 Å². The number of imidazole rings is 1. The first-order chi connectivity index (χ1) is 18.8. The first kappa shape index (κ1) is 23.8. The van der Waals surface area contributed by atoms with Crippen molar-refractivity contribution in [3.05, 3.63) is 58.9 Å². The Labute approximate surface area is 221 Å². The predicted molar refractivity (Wildman–Crippen MR) is 142 cm³/mol. The second-order valence-corrected chi connectivity index (χ2v) is 10.3. The summed E-state index contributed by atoms with van der Waals surface area (Å²) in [6, 6.07) is 5.95. The number of nitrogens with zero attached hydrogens (tertiary/aromatic N) is 7. The summed E-state index contributed by atoms with van der Waals surface area (Å²) in [6.07, 6.45) is 0.271. The third-order valence-corrected chi connectivity index (χ3v) is 8.00. The first-order valence-corrected chi connectivity index (χ1v) is 12.9. The van der Waals surface area contributed by atoms with Gasteiger partial charge in [0.2, 0.25) is 0 Å². The molecule has 198 valence electrons. The molecule has 2 N–H and O–H groups in total. The molecule has 1 fully saturated rings. The van der Waals surface area contributed by atoms with Gasteiger partial charge in [-0.15, -0.1) is 0 Å². The second-order valence-electron chi connectivity index (χ2n) is 9.31. The Morgan fingerprint density at radius 3 is 2.67 bits per heavy atom. The van der Waals surface area contributed by atoms with Gasteiger partial charge >= 0.3 is 11.9 Å². The lowest BCUT2D eigenvalue weighted by atomic mass is 10.1. The molecule has 7 rings (SSSR count). The SMILES string of the molecule is Cn1c(=O)n(-c2ccc(N3CCNCC3)c(C(F)(F)F)c2)c2c3nc(-c4cnc5[nH]ncc5c4)sc3ncc21. The van der Waals surface area contributed by atoms with Crippen LogP contribution in [-0.2, 0) is 13.2 Å². The topological polar surface area (TPSA) is 110 Å². The highest BCUT2D eigenvalue weighted by Crippen LogP contribution is 2.39. The number of thiazole rings is 1. The van der Waals surface area contributed by atoms with Crippen LogP contribution in [0.1, 0.15) is 5.56 Å². The Morgan fingerprint density at radius 1 is 1.05 bits per heavy atom. The van der Waals surface area contributed by atoms with Gasteiger partial charge in [0.05, 0.1) is 29.2 Å². The Bertz CT molecular complexity index is 1950. The van der Waals surface area contributed by atoms with E-state index in [9.17, 15) is 18.0 Å². The van der Waals surface area contributed by atoms with Crippen LogP contribution in [0, 0.1) is 0 Å². The van der Waals surface area contributed by atoms with Crippen molar-refractivity contribution >= 4 is 49.4 Å². The average Bonchev–Trinajstić information content (AvgIpc) is 3.64. The maximum Gasteiger partial charge on any atom is 0.418 e. The van der Waals surface area contributed by atoms with Crippen LogP contribution < -0.4 is 15.9 Å². The van der Waals surface area contributed by atoms with Crippen molar-refractivity contribution < 1.29 is 13.2 Å². The van der Waals surface area contributed by atoms with Gasteiger partial charge < -0.3 is 10.2 Å². The van der Waals surface area contributed by atoms with E-state index in [0.717, 1.165) is 17.0 Å². The number of H-pyrrole nitrogens is 1. The highest BCUT2D eigenvalue weighted by Gasteiger charge is 2.36. The van der Waals surface area contributed by atoms with Crippen molar-refractivity contribution in [2.75, 3.05) is 31.1 Å². The summed E-state index contributed by atoms with van der Waals surface area (Å²) in [5, 5.41) is 11.4. The number of nitrogens with one attached hydrogen (secondary N) is 2. The quantitative estimate of drug-likeness (QED) is 0.345. The van der Waals surface area contributed by atoms with Crippen LogP contribution in [0.15, 0.2) is 47.7 Å². The zero-order valence-electron chi connectivity index (χ0n) is 20.5. The fourth-order valence-electron chi connectivity index (χ4n) is 5.06. The zero-order valence-corrected chi connectivity index (χ0v) is 21.3. The van der Waals surface area contributed by atoms with E-state index in [1.54, 1.807) is 36.6 Å². The fourth-order valence-corrected chi connectivity index (χ4v) is 5.95. The number of alkyl halides is 3. The maximum absolute atomic E-state index is 14.3. The van der Waals surface area contributed by atoms with Crippen molar-refractivity contribution in [3.63, 3.8) is 0 Å². The van der Waals surface area contributed by atoms with E-state index < -0.39 is 17.4 Å². The Hall–Kier alpha value is -4.30. The molecule has 1 aliphatic heterocycles. The monoisotopic (exact) mass is 551 g/mol. The van der Waals surface area contributed by atoms with Crippen LogP contribution in [-0.4, -0.2) is 60.5 Å². The molecule has 0 spiro atoms. The molecule has 6 aromatic rings. The molecule has 0 aliphatic carbocycles. The van der Waals surface area contributed by atoms with Gasteiger partial charge in [-0.25, -0.2) is 19.7 Å². The largest absolute Gasteiger partial charge is 0.418 e. The van der Waals surface area contributed by atoms with Crippen LogP contribution in [0.2, 0.25) is 0 Å². The third kappa shape index (κ3) is 3.78. The van der Waals surface area contributed by atoms with E-state index >= 15 is 0 Å². The highest BCUT2D eigenvalue weighted by molar-refractivity contribution is 7.21. The van der Waals surface area contributed by atoms with Gasteiger partial charge in [0.15, 0.2) is 5.65 Å². The number of anilines is 1. The number of pyridine rings is 2. The van der Waals surface area contributed by atoms with Crippen molar-refractivity contribution in [2.24, 2.45) is 7.05 Å². The number of hydrogen-bond donors (Lipinski definition) is 2. The van der Waals surface area contributed by atoms with Crippen LogP contribution in [0.5, 0.6) is 0 Å². The van der Waals surface area contributed by atoms with E-state index in [4.69, 9.17) is 4.98 Å². The predicted octanol–water partition coefficient (Wildman–Crippen LogP) is 3.70. The van der Waals surface area contributed by atoms with E-state index in [-0.39, 0.29) is 11.4 Å². The summed E-state index contributed by atoms with van der Waals surface area (Å²) in [5.74, 6) is 0. The molecule has 0 unspecified atom stereocenters. The normalized spacial score (nSPS) is 14.7. The summed E-state index contributed by atoms with van der Waals surface area (Å²) < 4.78 is 45.5. The molecule has 0 saturated carbocycles. The Morgan fingerprint density at radius 2 is 1.87 bits per heavy atom. The number of rotatable bonds is 3. The number of hydrogen-bond acceptors (Lipinski definition) is 8. The van der Waals surface area contributed by atoms with Crippen LogP contribution >= 0.6 is 11.3 Å². The van der Waals surface area contributed by atoms with Gasteiger partial charge in [-0.05, 0) is 24.3 Å². The summed E-state index contributed by atoms with van der Waals surface area (Å²) in [6.45, 7) is 2.12. The van der Waals surface area contributed by atoms with Crippen molar-refractivity contribution in [3.8, 4) is 16.3 Å². The van der Waals surface area contributed by atoms with Crippen LogP contribution in [0.4, 0.5) is 18.9 Å². The summed E-state index contributed by atoms with van der Waals surface area (Å²) in [4.78, 5) is 29.3. The molecule has 14 heteroatoms. The van der Waals surface area contributed by atoms with E-state index in [2.05, 4.69) is 25.5 Å². The highest BCUT2D eigenvalue weighted by atomic mass is 32.1. The molecule has 5 aromatic heterocycles.